The van der Waals surface area contributed by atoms with E-state index in [1.807, 2.05) is 11.8 Å². The molecular formula is C17H16F2N6O2S. The van der Waals surface area contributed by atoms with Crippen LogP contribution < -0.4 is 15.9 Å². The van der Waals surface area contributed by atoms with Crippen LogP contribution >= 0.6 is 11.8 Å². The molecule has 2 aromatic heterocycles. The molecule has 1 aromatic carbocycles. The molecule has 0 aliphatic carbocycles. The fraction of sp³-hybridized carbons (Fsp3) is 0.294. The number of thioether (sulfide) groups is 1. The van der Waals surface area contributed by atoms with Gasteiger partial charge in [-0.2, -0.15) is 11.8 Å². The van der Waals surface area contributed by atoms with Crippen molar-refractivity contribution in [2.24, 2.45) is 0 Å². The van der Waals surface area contributed by atoms with Gasteiger partial charge in [-0.05, 0) is 12.1 Å². The minimum Gasteiger partial charge on any atom is -0.352 e. The molecule has 3 heterocycles. The van der Waals surface area contributed by atoms with Crippen molar-refractivity contribution in [3.63, 3.8) is 0 Å². The molecule has 1 N–H and O–H groups in total. The molecule has 146 valence electrons. The van der Waals surface area contributed by atoms with Gasteiger partial charge in [0.05, 0.1) is 5.69 Å². The lowest BCUT2D eigenvalue weighted by molar-refractivity contribution is -0.117. The van der Waals surface area contributed by atoms with Gasteiger partial charge in [0.15, 0.2) is 5.82 Å². The second-order valence-electron chi connectivity index (χ2n) is 6.16. The van der Waals surface area contributed by atoms with Gasteiger partial charge < -0.3 is 10.2 Å². The highest BCUT2D eigenvalue weighted by molar-refractivity contribution is 7.99. The van der Waals surface area contributed by atoms with Crippen molar-refractivity contribution < 1.29 is 13.6 Å². The quantitative estimate of drug-likeness (QED) is 0.704. The number of hydrogen-bond donors (Lipinski definition) is 1. The third-order valence-electron chi connectivity index (χ3n) is 4.29. The first-order chi connectivity index (χ1) is 13.5. The Morgan fingerprint density at radius 3 is 2.79 bits per heavy atom. The molecule has 8 nitrogen and oxygen atoms in total. The Morgan fingerprint density at radius 1 is 1.25 bits per heavy atom. The van der Waals surface area contributed by atoms with Gasteiger partial charge in [-0.3, -0.25) is 4.79 Å². The number of benzene rings is 1. The third-order valence-corrected chi connectivity index (χ3v) is 5.23. The van der Waals surface area contributed by atoms with Gasteiger partial charge >= 0.3 is 5.69 Å². The Labute approximate surface area is 162 Å². The lowest BCUT2D eigenvalue weighted by Gasteiger charge is -2.27. The maximum absolute atomic E-state index is 13.7. The highest BCUT2D eigenvalue weighted by atomic mass is 32.2. The van der Waals surface area contributed by atoms with Crippen LogP contribution in [0.15, 0.2) is 35.4 Å². The molecular weight excluding hydrogens is 390 g/mol. The second kappa shape index (κ2) is 7.58. The first kappa shape index (κ1) is 18.4. The Balaban J connectivity index is 1.59. The van der Waals surface area contributed by atoms with E-state index in [4.69, 9.17) is 0 Å². The minimum atomic E-state index is -0.898. The van der Waals surface area contributed by atoms with E-state index in [0.717, 1.165) is 41.4 Å². The standard InChI is InChI=1S/C17H16F2N6O2S/c18-11-1-2-13(12(19)9-11)21-14(26)10-25-17(27)24-4-3-20-15(16(24)22-25)23-5-7-28-8-6-23/h1-4,9H,5-8,10H2,(H,21,26). The SMILES string of the molecule is O=C(Cn1nc2c(N3CCSCC3)nccn2c1=O)Nc1ccc(F)cc1F. The number of carbonyl (C=O) groups excluding carboxylic acids is 1. The number of amides is 1. The molecule has 0 spiro atoms. The van der Waals surface area contributed by atoms with Crippen LogP contribution in [0.25, 0.3) is 5.65 Å². The smallest absolute Gasteiger partial charge is 0.350 e. The van der Waals surface area contributed by atoms with E-state index in [9.17, 15) is 18.4 Å². The predicted octanol–water partition coefficient (Wildman–Crippen LogP) is 1.36. The Morgan fingerprint density at radius 2 is 2.04 bits per heavy atom. The van der Waals surface area contributed by atoms with Crippen molar-refractivity contribution in [1.29, 1.82) is 0 Å². The van der Waals surface area contributed by atoms with Crippen LogP contribution in [-0.4, -0.2) is 49.7 Å². The fourth-order valence-electron chi connectivity index (χ4n) is 2.95. The molecule has 4 rings (SSSR count). The predicted molar refractivity (Wildman–Crippen MR) is 102 cm³/mol. The fourth-order valence-corrected chi connectivity index (χ4v) is 3.86. The van der Waals surface area contributed by atoms with E-state index in [2.05, 4.69) is 20.3 Å². The number of halogens is 2. The largest absolute Gasteiger partial charge is 0.352 e. The van der Waals surface area contributed by atoms with Crippen molar-refractivity contribution in [1.82, 2.24) is 19.2 Å². The maximum atomic E-state index is 13.7. The van der Waals surface area contributed by atoms with Crippen molar-refractivity contribution in [3.8, 4) is 0 Å². The van der Waals surface area contributed by atoms with Crippen molar-refractivity contribution in [2.45, 2.75) is 6.54 Å². The summed E-state index contributed by atoms with van der Waals surface area (Å²) in [7, 11) is 0. The Bertz CT molecular complexity index is 1090. The molecule has 1 saturated heterocycles. The summed E-state index contributed by atoms with van der Waals surface area (Å²) in [5.74, 6) is 0.204. The number of nitrogens with one attached hydrogen (secondary N) is 1. The molecule has 0 saturated carbocycles. The second-order valence-corrected chi connectivity index (χ2v) is 7.38. The van der Waals surface area contributed by atoms with E-state index >= 15 is 0 Å². The zero-order valence-corrected chi connectivity index (χ0v) is 15.5. The van der Waals surface area contributed by atoms with Crippen molar-refractivity contribution in [2.75, 3.05) is 34.8 Å². The molecule has 0 bridgehead atoms. The zero-order chi connectivity index (χ0) is 19.7. The van der Waals surface area contributed by atoms with Gasteiger partial charge in [0.2, 0.25) is 11.6 Å². The van der Waals surface area contributed by atoms with Gasteiger partial charge in [-0.15, -0.1) is 5.10 Å². The summed E-state index contributed by atoms with van der Waals surface area (Å²) >= 11 is 1.85. The topological polar surface area (TPSA) is 84.5 Å². The van der Waals surface area contributed by atoms with Crippen LogP contribution in [0.2, 0.25) is 0 Å². The summed E-state index contributed by atoms with van der Waals surface area (Å²) in [5.41, 5.74) is -0.309. The molecule has 1 amide bonds. The van der Waals surface area contributed by atoms with Crippen LogP contribution in [-0.2, 0) is 11.3 Å². The number of anilines is 2. The average Bonchev–Trinajstić information content (AvgIpc) is 3.00. The number of aromatic nitrogens is 4. The van der Waals surface area contributed by atoms with Crippen molar-refractivity contribution in [3.05, 3.63) is 52.7 Å². The maximum Gasteiger partial charge on any atom is 0.350 e. The summed E-state index contributed by atoms with van der Waals surface area (Å²) in [6.45, 7) is 1.18. The van der Waals surface area contributed by atoms with Gasteiger partial charge in [-0.1, -0.05) is 0 Å². The highest BCUT2D eigenvalue weighted by Crippen LogP contribution is 2.20. The molecule has 1 aliphatic rings. The normalized spacial score (nSPS) is 14.4. The molecule has 0 unspecified atom stereocenters. The van der Waals surface area contributed by atoms with Gasteiger partial charge in [0.25, 0.3) is 0 Å². The molecule has 11 heteroatoms. The molecule has 1 aliphatic heterocycles. The number of hydrogen-bond acceptors (Lipinski definition) is 6. The summed E-state index contributed by atoms with van der Waals surface area (Å²) in [6, 6.07) is 2.82. The van der Waals surface area contributed by atoms with Crippen LogP contribution in [0.4, 0.5) is 20.3 Å². The van der Waals surface area contributed by atoms with E-state index < -0.39 is 29.8 Å². The summed E-state index contributed by atoms with van der Waals surface area (Å²) in [6.07, 6.45) is 3.01. The number of nitrogens with zero attached hydrogens (tertiary/aromatic N) is 5. The first-order valence-corrected chi connectivity index (χ1v) is 9.70. The summed E-state index contributed by atoms with van der Waals surface area (Å²) in [4.78, 5) is 31.2. The summed E-state index contributed by atoms with van der Waals surface area (Å²) in [5, 5.41) is 6.56. The van der Waals surface area contributed by atoms with E-state index in [0.29, 0.717) is 17.5 Å². The highest BCUT2D eigenvalue weighted by Gasteiger charge is 2.20. The van der Waals surface area contributed by atoms with Crippen molar-refractivity contribution >= 4 is 34.8 Å². The number of rotatable bonds is 4. The van der Waals surface area contributed by atoms with Crippen LogP contribution in [0.1, 0.15) is 0 Å². The molecule has 28 heavy (non-hydrogen) atoms. The number of fused-ring (bicyclic) bond motifs is 1. The van der Waals surface area contributed by atoms with Gasteiger partial charge in [0, 0.05) is 43.1 Å². The summed E-state index contributed by atoms with van der Waals surface area (Å²) < 4.78 is 29.0. The van der Waals surface area contributed by atoms with Crippen LogP contribution in [0, 0.1) is 11.6 Å². The monoisotopic (exact) mass is 406 g/mol. The lowest BCUT2D eigenvalue weighted by Crippen LogP contribution is -2.33. The van der Waals surface area contributed by atoms with Crippen LogP contribution in [0.5, 0.6) is 0 Å². The Kier molecular flexibility index (Phi) is 4.99. The minimum absolute atomic E-state index is 0.170. The molecule has 1 fully saturated rings. The van der Waals surface area contributed by atoms with E-state index in [-0.39, 0.29) is 5.69 Å². The average molecular weight is 406 g/mol. The van der Waals surface area contributed by atoms with Gasteiger partial charge in [0.1, 0.15) is 18.2 Å². The first-order valence-electron chi connectivity index (χ1n) is 8.55. The Hall–Kier alpha value is -2.95. The third kappa shape index (κ3) is 3.57. The van der Waals surface area contributed by atoms with E-state index in [1.54, 1.807) is 0 Å². The lowest BCUT2D eigenvalue weighted by atomic mass is 10.3. The van der Waals surface area contributed by atoms with E-state index in [1.165, 1.54) is 16.8 Å². The molecule has 3 aromatic rings. The molecule has 0 radical (unpaired) electrons. The number of carbonyl (C=O) groups is 1. The van der Waals surface area contributed by atoms with Crippen LogP contribution in [0.3, 0.4) is 0 Å². The van der Waals surface area contributed by atoms with Gasteiger partial charge in [-0.25, -0.2) is 27.6 Å². The zero-order valence-electron chi connectivity index (χ0n) is 14.6. The molecule has 0 atom stereocenters.